The van der Waals surface area contributed by atoms with E-state index in [1.54, 1.807) is 28.0 Å². The van der Waals surface area contributed by atoms with E-state index >= 15 is 0 Å². The maximum atomic E-state index is 12.8. The van der Waals surface area contributed by atoms with Crippen LogP contribution in [0.25, 0.3) is 0 Å². The van der Waals surface area contributed by atoms with Gasteiger partial charge in [0.05, 0.1) is 6.04 Å². The number of fused-ring (bicyclic) bond motifs is 1. The molecule has 0 spiro atoms. The molecule has 0 aliphatic carbocycles. The average molecular weight is 418 g/mol. The fourth-order valence-corrected chi connectivity index (χ4v) is 3.53. The Kier molecular flexibility index (Phi) is 6.61. The summed E-state index contributed by atoms with van der Waals surface area (Å²) < 4.78 is 10.6. The van der Waals surface area contributed by atoms with Crippen LogP contribution in [0.1, 0.15) is 15.9 Å². The minimum absolute atomic E-state index is 0. The molecular formula is C21H24ClN3O4. The van der Waals surface area contributed by atoms with Gasteiger partial charge in [-0.15, -0.1) is 12.4 Å². The molecule has 7 nitrogen and oxygen atoms in total. The van der Waals surface area contributed by atoms with Gasteiger partial charge in [-0.2, -0.15) is 0 Å². The van der Waals surface area contributed by atoms with E-state index < -0.39 is 6.04 Å². The number of carbonyl (C=O) groups excluding carboxylic acids is 2. The van der Waals surface area contributed by atoms with Crippen LogP contribution < -0.4 is 15.2 Å². The summed E-state index contributed by atoms with van der Waals surface area (Å²) >= 11 is 0. The number of nitrogens with zero attached hydrogens (tertiary/aromatic N) is 2. The van der Waals surface area contributed by atoms with Gasteiger partial charge in [-0.25, -0.2) is 0 Å². The molecule has 0 radical (unpaired) electrons. The van der Waals surface area contributed by atoms with Gasteiger partial charge in [0.25, 0.3) is 5.91 Å². The molecule has 2 amide bonds. The number of amides is 2. The van der Waals surface area contributed by atoms with Crippen molar-refractivity contribution in [3.05, 3.63) is 59.7 Å². The van der Waals surface area contributed by atoms with E-state index in [4.69, 9.17) is 15.2 Å². The summed E-state index contributed by atoms with van der Waals surface area (Å²) in [6.07, 6.45) is 0.510. The zero-order chi connectivity index (χ0) is 19.5. The van der Waals surface area contributed by atoms with E-state index in [2.05, 4.69) is 0 Å². The number of halogens is 1. The first-order valence-corrected chi connectivity index (χ1v) is 9.39. The Morgan fingerprint density at radius 2 is 1.59 bits per heavy atom. The molecule has 0 bridgehead atoms. The summed E-state index contributed by atoms with van der Waals surface area (Å²) in [6, 6.07) is 14.4. The third kappa shape index (κ3) is 4.63. The van der Waals surface area contributed by atoms with E-state index in [9.17, 15) is 9.59 Å². The fourth-order valence-electron chi connectivity index (χ4n) is 3.53. The molecule has 2 aromatic rings. The standard InChI is InChI=1S/C21H23N3O4.ClH/c22-17(12-15-4-2-1-3-5-15)21(26)24-10-8-23(9-11-24)20(25)16-6-7-18-19(13-16)28-14-27-18;/h1-7,13,17H,8-12,14,22H2;1H/t17-;/m0./s1. The van der Waals surface area contributed by atoms with E-state index in [0.29, 0.717) is 49.7 Å². The second-order valence-corrected chi connectivity index (χ2v) is 6.98. The highest BCUT2D eigenvalue weighted by Crippen LogP contribution is 2.32. The number of piperazine rings is 1. The molecule has 2 aromatic carbocycles. The summed E-state index contributed by atoms with van der Waals surface area (Å²) in [5, 5.41) is 0. The minimum Gasteiger partial charge on any atom is -0.454 e. The Hall–Kier alpha value is -2.77. The molecule has 8 heteroatoms. The summed E-state index contributed by atoms with van der Waals surface area (Å²) in [6.45, 7) is 2.11. The Balaban J connectivity index is 0.00000240. The SMILES string of the molecule is Cl.N[C@@H](Cc1ccccc1)C(=O)N1CCN(C(=O)c2ccc3c(c2)OCO3)CC1. The van der Waals surface area contributed by atoms with Gasteiger partial charge in [0, 0.05) is 31.7 Å². The number of ether oxygens (including phenoxy) is 2. The van der Waals surface area contributed by atoms with Crippen molar-refractivity contribution in [2.45, 2.75) is 12.5 Å². The first kappa shape index (κ1) is 21.0. The van der Waals surface area contributed by atoms with Gasteiger partial charge in [-0.3, -0.25) is 9.59 Å². The molecule has 1 saturated heterocycles. The van der Waals surface area contributed by atoms with Gasteiger partial charge in [0.2, 0.25) is 12.7 Å². The molecule has 0 unspecified atom stereocenters. The lowest BCUT2D eigenvalue weighted by atomic mass is 10.1. The van der Waals surface area contributed by atoms with Gasteiger partial charge in [-0.1, -0.05) is 30.3 Å². The van der Waals surface area contributed by atoms with E-state index in [1.807, 2.05) is 30.3 Å². The number of rotatable bonds is 4. The first-order chi connectivity index (χ1) is 13.6. The monoisotopic (exact) mass is 417 g/mol. The van der Waals surface area contributed by atoms with E-state index in [0.717, 1.165) is 5.56 Å². The number of benzene rings is 2. The quantitative estimate of drug-likeness (QED) is 0.818. The van der Waals surface area contributed by atoms with Crippen molar-refractivity contribution in [3.63, 3.8) is 0 Å². The minimum atomic E-state index is -0.571. The number of hydrogen-bond donors (Lipinski definition) is 1. The maximum Gasteiger partial charge on any atom is 0.254 e. The molecular weight excluding hydrogens is 394 g/mol. The smallest absolute Gasteiger partial charge is 0.254 e. The molecule has 2 N–H and O–H groups in total. The highest BCUT2D eigenvalue weighted by atomic mass is 35.5. The van der Waals surface area contributed by atoms with Crippen molar-refractivity contribution in [1.82, 2.24) is 9.80 Å². The van der Waals surface area contributed by atoms with Crippen LogP contribution in [0.2, 0.25) is 0 Å². The highest BCUT2D eigenvalue weighted by Gasteiger charge is 2.28. The Labute approximate surface area is 175 Å². The second-order valence-electron chi connectivity index (χ2n) is 6.98. The molecule has 29 heavy (non-hydrogen) atoms. The second kappa shape index (κ2) is 9.15. The zero-order valence-corrected chi connectivity index (χ0v) is 16.8. The molecule has 2 aliphatic rings. The van der Waals surface area contributed by atoms with Crippen molar-refractivity contribution < 1.29 is 19.1 Å². The molecule has 0 aromatic heterocycles. The Bertz CT molecular complexity index is 869. The third-order valence-corrected chi connectivity index (χ3v) is 5.11. The van der Waals surface area contributed by atoms with Gasteiger partial charge in [0.1, 0.15) is 0 Å². The summed E-state index contributed by atoms with van der Waals surface area (Å²) in [5.41, 5.74) is 7.72. The molecule has 4 rings (SSSR count). The van der Waals surface area contributed by atoms with Crippen LogP contribution in [-0.2, 0) is 11.2 Å². The maximum absolute atomic E-state index is 12.8. The van der Waals surface area contributed by atoms with Gasteiger partial charge in [0.15, 0.2) is 11.5 Å². The van der Waals surface area contributed by atoms with E-state index in [1.165, 1.54) is 0 Å². The van der Waals surface area contributed by atoms with Crippen molar-refractivity contribution in [3.8, 4) is 11.5 Å². The van der Waals surface area contributed by atoms with Crippen LogP contribution in [0.4, 0.5) is 0 Å². The number of carbonyl (C=O) groups is 2. The lowest BCUT2D eigenvalue weighted by Crippen LogP contribution is -2.54. The Morgan fingerprint density at radius 3 is 2.31 bits per heavy atom. The molecule has 0 saturated carbocycles. The predicted octanol–water partition coefficient (Wildman–Crippen LogP) is 1.69. The van der Waals surface area contributed by atoms with Gasteiger partial charge >= 0.3 is 0 Å². The van der Waals surface area contributed by atoms with Crippen molar-refractivity contribution in [1.29, 1.82) is 0 Å². The fraction of sp³-hybridized carbons (Fsp3) is 0.333. The van der Waals surface area contributed by atoms with Crippen LogP contribution in [0.3, 0.4) is 0 Å². The average Bonchev–Trinajstić information content (AvgIpc) is 3.21. The number of hydrogen-bond acceptors (Lipinski definition) is 5. The highest BCUT2D eigenvalue weighted by molar-refractivity contribution is 5.95. The first-order valence-electron chi connectivity index (χ1n) is 9.39. The van der Waals surface area contributed by atoms with Crippen LogP contribution in [-0.4, -0.2) is 60.6 Å². The molecule has 1 fully saturated rings. The summed E-state index contributed by atoms with van der Waals surface area (Å²) in [7, 11) is 0. The van der Waals surface area contributed by atoms with Gasteiger partial charge < -0.3 is 25.0 Å². The van der Waals surface area contributed by atoms with Crippen LogP contribution >= 0.6 is 12.4 Å². The summed E-state index contributed by atoms with van der Waals surface area (Å²) in [5.74, 6) is 1.10. The molecule has 2 aliphatic heterocycles. The molecule has 1 atom stereocenters. The number of nitrogens with two attached hydrogens (primary N) is 1. The normalized spacial score (nSPS) is 16.2. The van der Waals surface area contributed by atoms with Crippen LogP contribution in [0.5, 0.6) is 11.5 Å². The molecule has 2 heterocycles. The largest absolute Gasteiger partial charge is 0.454 e. The van der Waals surface area contributed by atoms with Gasteiger partial charge in [-0.05, 0) is 30.2 Å². The predicted molar refractivity (Wildman–Crippen MR) is 110 cm³/mol. The van der Waals surface area contributed by atoms with Crippen molar-refractivity contribution in [2.75, 3.05) is 33.0 Å². The molecule has 154 valence electrons. The van der Waals surface area contributed by atoms with Crippen LogP contribution in [0.15, 0.2) is 48.5 Å². The van der Waals surface area contributed by atoms with Crippen molar-refractivity contribution >= 4 is 24.2 Å². The zero-order valence-electron chi connectivity index (χ0n) is 16.0. The summed E-state index contributed by atoms with van der Waals surface area (Å²) in [4.78, 5) is 28.9. The lowest BCUT2D eigenvalue weighted by Gasteiger charge is -2.36. The topological polar surface area (TPSA) is 85.1 Å². The third-order valence-electron chi connectivity index (χ3n) is 5.11. The van der Waals surface area contributed by atoms with E-state index in [-0.39, 0.29) is 31.0 Å². The van der Waals surface area contributed by atoms with Crippen molar-refractivity contribution in [2.24, 2.45) is 5.73 Å². The lowest BCUT2D eigenvalue weighted by molar-refractivity contribution is -0.134. The van der Waals surface area contributed by atoms with Crippen LogP contribution in [0, 0.1) is 0 Å². The Morgan fingerprint density at radius 1 is 0.931 bits per heavy atom.